The second-order valence-corrected chi connectivity index (χ2v) is 8.15. The summed E-state index contributed by atoms with van der Waals surface area (Å²) in [4.78, 5) is 33.1. The number of hydrogen-bond acceptors (Lipinski definition) is 4. The molecule has 2 amide bonds. The van der Waals surface area contributed by atoms with Crippen LogP contribution in [0.1, 0.15) is 47.4 Å². The quantitative estimate of drug-likeness (QED) is 0.880. The van der Waals surface area contributed by atoms with Crippen LogP contribution in [-0.2, 0) is 11.2 Å². The highest BCUT2D eigenvalue weighted by Crippen LogP contribution is 2.40. The molecule has 2 aromatic rings. The Morgan fingerprint density at radius 1 is 1.29 bits per heavy atom. The number of aromatic amines is 1. The van der Waals surface area contributed by atoms with Crippen molar-refractivity contribution in [3.63, 3.8) is 0 Å². The standard InChI is InChI=1S/C21H27N5O2/c1-16-13-18(24-23-16)20(28)25-11-7-21(8-12-25)6-4-19(27)26(15-21)10-5-17-3-2-9-22-14-17/h2-3,9,13-14H,4-8,10-12,15H2,1H3,(H,23,24). The van der Waals surface area contributed by atoms with Crippen LogP contribution in [0.3, 0.4) is 0 Å². The molecule has 2 saturated heterocycles. The Hall–Kier alpha value is -2.70. The van der Waals surface area contributed by atoms with Gasteiger partial charge in [-0.05, 0) is 55.7 Å². The van der Waals surface area contributed by atoms with Crippen molar-refractivity contribution in [2.45, 2.75) is 39.0 Å². The number of piperidine rings is 2. The molecular weight excluding hydrogens is 354 g/mol. The van der Waals surface area contributed by atoms with Crippen molar-refractivity contribution >= 4 is 11.8 Å². The molecule has 2 fully saturated rings. The smallest absolute Gasteiger partial charge is 0.274 e. The predicted octanol–water partition coefficient (Wildman–Crippen LogP) is 2.20. The van der Waals surface area contributed by atoms with Gasteiger partial charge in [0.15, 0.2) is 0 Å². The van der Waals surface area contributed by atoms with Gasteiger partial charge in [0.25, 0.3) is 5.91 Å². The monoisotopic (exact) mass is 381 g/mol. The van der Waals surface area contributed by atoms with Crippen molar-refractivity contribution in [2.75, 3.05) is 26.2 Å². The minimum Gasteiger partial charge on any atom is -0.342 e. The molecule has 0 saturated carbocycles. The normalized spacial score (nSPS) is 19.2. The Balaban J connectivity index is 1.35. The summed E-state index contributed by atoms with van der Waals surface area (Å²) >= 11 is 0. The molecule has 2 aromatic heterocycles. The predicted molar refractivity (Wildman–Crippen MR) is 105 cm³/mol. The van der Waals surface area contributed by atoms with Gasteiger partial charge in [-0.15, -0.1) is 0 Å². The molecule has 1 N–H and O–H groups in total. The van der Waals surface area contributed by atoms with Crippen LogP contribution in [0.15, 0.2) is 30.6 Å². The van der Waals surface area contributed by atoms with E-state index in [0.717, 1.165) is 63.1 Å². The van der Waals surface area contributed by atoms with Crippen LogP contribution in [0, 0.1) is 12.3 Å². The van der Waals surface area contributed by atoms with Crippen molar-refractivity contribution in [3.8, 4) is 0 Å². The van der Waals surface area contributed by atoms with E-state index in [9.17, 15) is 9.59 Å². The lowest BCUT2D eigenvalue weighted by Crippen LogP contribution is -2.52. The molecule has 148 valence electrons. The maximum Gasteiger partial charge on any atom is 0.274 e. The van der Waals surface area contributed by atoms with Gasteiger partial charge < -0.3 is 9.80 Å². The number of likely N-dealkylation sites (tertiary alicyclic amines) is 2. The molecule has 0 aromatic carbocycles. The zero-order valence-electron chi connectivity index (χ0n) is 16.4. The molecule has 1 spiro atoms. The number of H-pyrrole nitrogens is 1. The van der Waals surface area contributed by atoms with E-state index in [1.54, 1.807) is 12.3 Å². The zero-order valence-corrected chi connectivity index (χ0v) is 16.4. The number of carbonyl (C=O) groups excluding carboxylic acids is 2. The Morgan fingerprint density at radius 3 is 2.79 bits per heavy atom. The fourth-order valence-electron chi connectivity index (χ4n) is 4.40. The molecular formula is C21H27N5O2. The van der Waals surface area contributed by atoms with Gasteiger partial charge in [-0.2, -0.15) is 5.10 Å². The van der Waals surface area contributed by atoms with Crippen molar-refractivity contribution in [3.05, 3.63) is 47.5 Å². The average Bonchev–Trinajstić information content (AvgIpc) is 3.16. The number of nitrogens with zero attached hydrogens (tertiary/aromatic N) is 4. The van der Waals surface area contributed by atoms with Gasteiger partial charge in [0.2, 0.25) is 5.91 Å². The van der Waals surface area contributed by atoms with E-state index in [0.29, 0.717) is 12.1 Å². The molecule has 0 atom stereocenters. The Labute approximate surface area is 165 Å². The number of aromatic nitrogens is 3. The van der Waals surface area contributed by atoms with Crippen LogP contribution in [-0.4, -0.2) is 63.0 Å². The molecule has 7 nitrogen and oxygen atoms in total. The van der Waals surface area contributed by atoms with Crippen LogP contribution < -0.4 is 0 Å². The topological polar surface area (TPSA) is 82.2 Å². The minimum absolute atomic E-state index is 0.000445. The summed E-state index contributed by atoms with van der Waals surface area (Å²) in [6.45, 7) is 4.90. The lowest BCUT2D eigenvalue weighted by molar-refractivity contribution is -0.138. The van der Waals surface area contributed by atoms with Gasteiger partial charge >= 0.3 is 0 Å². The molecule has 2 aliphatic rings. The van der Waals surface area contributed by atoms with Crippen molar-refractivity contribution in [2.24, 2.45) is 5.41 Å². The molecule has 0 radical (unpaired) electrons. The van der Waals surface area contributed by atoms with Crippen LogP contribution in [0.25, 0.3) is 0 Å². The third kappa shape index (κ3) is 3.93. The second-order valence-electron chi connectivity index (χ2n) is 8.15. The highest BCUT2D eigenvalue weighted by molar-refractivity contribution is 5.92. The number of hydrogen-bond donors (Lipinski definition) is 1. The highest BCUT2D eigenvalue weighted by atomic mass is 16.2. The second kappa shape index (κ2) is 7.73. The fraction of sp³-hybridized carbons (Fsp3) is 0.524. The lowest BCUT2D eigenvalue weighted by atomic mass is 9.72. The first-order valence-corrected chi connectivity index (χ1v) is 10.0. The van der Waals surface area contributed by atoms with Crippen molar-refractivity contribution in [1.82, 2.24) is 25.0 Å². The molecule has 0 unspecified atom stereocenters. The third-order valence-electron chi connectivity index (χ3n) is 6.18. The van der Waals surface area contributed by atoms with E-state index in [1.807, 2.05) is 29.0 Å². The number of aryl methyl sites for hydroxylation is 1. The Morgan fingerprint density at radius 2 is 2.11 bits per heavy atom. The summed E-state index contributed by atoms with van der Waals surface area (Å²) in [6, 6.07) is 5.78. The maximum atomic E-state index is 12.6. The summed E-state index contributed by atoms with van der Waals surface area (Å²) in [5.41, 5.74) is 2.68. The maximum absolute atomic E-state index is 12.6. The van der Waals surface area contributed by atoms with Crippen LogP contribution in [0.4, 0.5) is 0 Å². The molecule has 7 heteroatoms. The number of amides is 2. The molecule has 4 heterocycles. The van der Waals surface area contributed by atoms with Crippen LogP contribution >= 0.6 is 0 Å². The van der Waals surface area contributed by atoms with E-state index >= 15 is 0 Å². The molecule has 28 heavy (non-hydrogen) atoms. The van der Waals surface area contributed by atoms with E-state index in [2.05, 4.69) is 21.2 Å². The molecule has 2 aliphatic heterocycles. The Kier molecular flexibility index (Phi) is 5.15. The van der Waals surface area contributed by atoms with Crippen molar-refractivity contribution in [1.29, 1.82) is 0 Å². The molecule has 4 rings (SSSR count). The average molecular weight is 381 g/mol. The van der Waals surface area contributed by atoms with E-state index < -0.39 is 0 Å². The fourth-order valence-corrected chi connectivity index (χ4v) is 4.40. The van der Waals surface area contributed by atoms with E-state index in [-0.39, 0.29) is 17.2 Å². The van der Waals surface area contributed by atoms with Gasteiger partial charge in [-0.3, -0.25) is 19.7 Å². The van der Waals surface area contributed by atoms with Crippen LogP contribution in [0.2, 0.25) is 0 Å². The van der Waals surface area contributed by atoms with E-state index in [1.165, 1.54) is 0 Å². The number of rotatable bonds is 4. The lowest BCUT2D eigenvalue weighted by Gasteiger charge is -2.47. The van der Waals surface area contributed by atoms with Crippen molar-refractivity contribution < 1.29 is 9.59 Å². The molecule has 0 aliphatic carbocycles. The first-order valence-electron chi connectivity index (χ1n) is 10.0. The molecule has 0 bridgehead atoms. The zero-order chi connectivity index (χ0) is 19.6. The summed E-state index contributed by atoms with van der Waals surface area (Å²) < 4.78 is 0. The van der Waals surface area contributed by atoms with Gasteiger partial charge in [0.1, 0.15) is 5.69 Å². The van der Waals surface area contributed by atoms with E-state index in [4.69, 9.17) is 0 Å². The SMILES string of the molecule is Cc1cc(C(=O)N2CCC3(CCC(=O)N(CCc4cccnc4)C3)CC2)n[nH]1. The minimum atomic E-state index is -0.000445. The number of nitrogens with one attached hydrogen (secondary N) is 1. The summed E-state index contributed by atoms with van der Waals surface area (Å²) in [5, 5.41) is 6.93. The van der Waals surface area contributed by atoms with Gasteiger partial charge in [-0.1, -0.05) is 6.07 Å². The van der Waals surface area contributed by atoms with Crippen LogP contribution in [0.5, 0.6) is 0 Å². The van der Waals surface area contributed by atoms with Gasteiger partial charge in [-0.25, -0.2) is 0 Å². The van der Waals surface area contributed by atoms with Gasteiger partial charge in [0.05, 0.1) is 0 Å². The van der Waals surface area contributed by atoms with Gasteiger partial charge in [0, 0.05) is 50.7 Å². The number of carbonyl (C=O) groups is 2. The first kappa shape index (κ1) is 18.7. The number of pyridine rings is 1. The highest BCUT2D eigenvalue weighted by Gasteiger charge is 2.41. The summed E-state index contributed by atoms with van der Waals surface area (Å²) in [7, 11) is 0. The summed E-state index contributed by atoms with van der Waals surface area (Å²) in [6.07, 6.45) is 7.89. The largest absolute Gasteiger partial charge is 0.342 e. The summed E-state index contributed by atoms with van der Waals surface area (Å²) in [5.74, 6) is 0.250. The first-order chi connectivity index (χ1) is 13.5. The Bertz CT molecular complexity index is 839. The third-order valence-corrected chi connectivity index (χ3v) is 6.18.